The lowest BCUT2D eigenvalue weighted by Gasteiger charge is -2.17. The predicted molar refractivity (Wildman–Crippen MR) is 59.0 cm³/mol. The molecule has 1 aromatic rings. The van der Waals surface area contributed by atoms with E-state index in [1.807, 2.05) is 0 Å². The van der Waals surface area contributed by atoms with Gasteiger partial charge in [-0.25, -0.2) is 0 Å². The van der Waals surface area contributed by atoms with Crippen LogP contribution in [0.3, 0.4) is 0 Å². The third-order valence-electron chi connectivity index (χ3n) is 3.03. The van der Waals surface area contributed by atoms with E-state index in [1.165, 1.54) is 12.0 Å². The highest BCUT2D eigenvalue weighted by molar-refractivity contribution is 7.14. The number of anilines is 1. The molecule has 2 atom stereocenters. The monoisotopic (exact) mass is 195 g/mol. The highest BCUT2D eigenvalue weighted by Gasteiger charge is 2.46. The van der Waals surface area contributed by atoms with E-state index in [9.17, 15) is 0 Å². The molecule has 2 N–H and O–H groups in total. The molecule has 0 radical (unpaired) electrons. The number of hydrogen-bond acceptors (Lipinski definition) is 2. The van der Waals surface area contributed by atoms with Crippen LogP contribution in [-0.4, -0.2) is 0 Å². The summed E-state index contributed by atoms with van der Waals surface area (Å²) in [6, 6.07) is 2.19. The molecule has 1 heterocycles. The molecule has 2 rings (SSSR count). The topological polar surface area (TPSA) is 26.0 Å². The van der Waals surface area contributed by atoms with Gasteiger partial charge in [0, 0.05) is 0 Å². The van der Waals surface area contributed by atoms with Crippen LogP contribution in [0.15, 0.2) is 11.4 Å². The number of nitrogens with two attached hydrogens (primary N) is 1. The smallest absolute Gasteiger partial charge is 0.0891 e. The molecule has 1 aromatic heterocycles. The molecule has 2 unspecified atom stereocenters. The molecule has 0 amide bonds. The Kier molecular flexibility index (Phi) is 1.91. The molecule has 1 aliphatic carbocycles. The minimum Gasteiger partial charge on any atom is -0.390 e. The summed E-state index contributed by atoms with van der Waals surface area (Å²) >= 11 is 1.66. The summed E-state index contributed by atoms with van der Waals surface area (Å²) in [6.45, 7) is 6.96. The average molecular weight is 195 g/mol. The van der Waals surface area contributed by atoms with E-state index in [1.54, 1.807) is 11.3 Å². The van der Waals surface area contributed by atoms with Crippen LogP contribution in [0.25, 0.3) is 0 Å². The zero-order valence-corrected chi connectivity index (χ0v) is 9.32. The van der Waals surface area contributed by atoms with Crippen LogP contribution >= 0.6 is 11.3 Å². The Morgan fingerprint density at radius 1 is 1.46 bits per heavy atom. The van der Waals surface area contributed by atoms with Crippen LogP contribution in [-0.2, 0) is 0 Å². The largest absolute Gasteiger partial charge is 0.390 e. The standard InChI is InChI=1S/C11H17NS/c1-11(2,3)9-6-8(9)7-4-5-13-10(7)12/h4-5,8-9H,6,12H2,1-3H3. The molecule has 0 aromatic carbocycles. The van der Waals surface area contributed by atoms with Crippen LogP contribution < -0.4 is 5.73 Å². The number of hydrogen-bond donors (Lipinski definition) is 1. The maximum absolute atomic E-state index is 5.91. The fourth-order valence-corrected chi connectivity index (χ4v) is 2.85. The third kappa shape index (κ3) is 1.60. The molecule has 13 heavy (non-hydrogen) atoms. The van der Waals surface area contributed by atoms with Crippen molar-refractivity contribution in [2.75, 3.05) is 5.73 Å². The van der Waals surface area contributed by atoms with Crippen molar-refractivity contribution in [3.63, 3.8) is 0 Å². The molecule has 0 saturated heterocycles. The quantitative estimate of drug-likeness (QED) is 0.729. The van der Waals surface area contributed by atoms with Crippen LogP contribution in [0.4, 0.5) is 5.00 Å². The van der Waals surface area contributed by atoms with Gasteiger partial charge in [0.05, 0.1) is 5.00 Å². The van der Waals surface area contributed by atoms with Crippen molar-refractivity contribution in [3.8, 4) is 0 Å². The minimum absolute atomic E-state index is 0.443. The van der Waals surface area contributed by atoms with E-state index in [2.05, 4.69) is 32.2 Å². The van der Waals surface area contributed by atoms with Crippen LogP contribution in [0.2, 0.25) is 0 Å². The lowest BCUT2D eigenvalue weighted by atomic mass is 9.88. The van der Waals surface area contributed by atoms with Gasteiger partial charge < -0.3 is 5.73 Å². The van der Waals surface area contributed by atoms with E-state index >= 15 is 0 Å². The van der Waals surface area contributed by atoms with Gasteiger partial charge in [-0.15, -0.1) is 11.3 Å². The van der Waals surface area contributed by atoms with Crippen molar-refractivity contribution < 1.29 is 0 Å². The van der Waals surface area contributed by atoms with Gasteiger partial charge in [0.15, 0.2) is 0 Å². The second-order valence-electron chi connectivity index (χ2n) is 5.05. The third-order valence-corrected chi connectivity index (χ3v) is 3.79. The van der Waals surface area contributed by atoms with Crippen LogP contribution in [0, 0.1) is 11.3 Å². The first-order valence-electron chi connectivity index (χ1n) is 4.83. The van der Waals surface area contributed by atoms with Crippen molar-refractivity contribution in [1.82, 2.24) is 0 Å². The lowest BCUT2D eigenvalue weighted by molar-refractivity contribution is 0.343. The molecule has 0 spiro atoms. The second kappa shape index (κ2) is 2.74. The summed E-state index contributed by atoms with van der Waals surface area (Å²) in [5.74, 6) is 1.58. The molecule has 72 valence electrons. The normalized spacial score (nSPS) is 27.6. The highest BCUT2D eigenvalue weighted by Crippen LogP contribution is 2.58. The fraction of sp³-hybridized carbons (Fsp3) is 0.636. The summed E-state index contributed by atoms with van der Waals surface area (Å²) in [5.41, 5.74) is 7.74. The Bertz CT molecular complexity index is 308. The predicted octanol–water partition coefficient (Wildman–Crippen LogP) is 3.48. The summed E-state index contributed by atoms with van der Waals surface area (Å²) in [6.07, 6.45) is 1.32. The van der Waals surface area contributed by atoms with Crippen molar-refractivity contribution >= 4 is 16.3 Å². The van der Waals surface area contributed by atoms with Gasteiger partial charge in [-0.05, 0) is 40.7 Å². The van der Waals surface area contributed by atoms with Gasteiger partial charge in [0.2, 0.25) is 0 Å². The average Bonchev–Trinajstić information content (AvgIpc) is 2.69. The first kappa shape index (κ1) is 9.07. The zero-order valence-electron chi connectivity index (χ0n) is 8.50. The molecular weight excluding hydrogens is 178 g/mol. The molecule has 0 aliphatic heterocycles. The summed E-state index contributed by atoms with van der Waals surface area (Å²) in [4.78, 5) is 0. The first-order valence-corrected chi connectivity index (χ1v) is 5.71. The van der Waals surface area contributed by atoms with Crippen molar-refractivity contribution in [2.24, 2.45) is 11.3 Å². The zero-order chi connectivity index (χ0) is 9.64. The molecule has 1 fully saturated rings. The Balaban J connectivity index is 2.13. The van der Waals surface area contributed by atoms with Gasteiger partial charge in [-0.3, -0.25) is 0 Å². The second-order valence-corrected chi connectivity index (χ2v) is 6.00. The van der Waals surface area contributed by atoms with Gasteiger partial charge in [-0.1, -0.05) is 20.8 Å². The van der Waals surface area contributed by atoms with E-state index < -0.39 is 0 Å². The van der Waals surface area contributed by atoms with Crippen molar-refractivity contribution in [3.05, 3.63) is 17.0 Å². The maximum Gasteiger partial charge on any atom is 0.0891 e. The molecular formula is C11H17NS. The number of rotatable bonds is 1. The molecule has 2 heteroatoms. The van der Waals surface area contributed by atoms with E-state index in [0.29, 0.717) is 5.41 Å². The Labute approximate surface area is 84.0 Å². The van der Waals surface area contributed by atoms with Gasteiger partial charge in [0.25, 0.3) is 0 Å². The Morgan fingerprint density at radius 3 is 2.54 bits per heavy atom. The number of nitrogen functional groups attached to an aromatic ring is 1. The van der Waals surface area contributed by atoms with Crippen LogP contribution in [0.5, 0.6) is 0 Å². The minimum atomic E-state index is 0.443. The summed E-state index contributed by atoms with van der Waals surface area (Å²) < 4.78 is 0. The van der Waals surface area contributed by atoms with Crippen molar-refractivity contribution in [2.45, 2.75) is 33.1 Å². The van der Waals surface area contributed by atoms with Gasteiger partial charge in [0.1, 0.15) is 0 Å². The van der Waals surface area contributed by atoms with E-state index in [0.717, 1.165) is 16.8 Å². The van der Waals surface area contributed by atoms with Crippen LogP contribution in [0.1, 0.15) is 38.7 Å². The van der Waals surface area contributed by atoms with E-state index in [-0.39, 0.29) is 0 Å². The molecule has 1 saturated carbocycles. The van der Waals surface area contributed by atoms with Crippen molar-refractivity contribution in [1.29, 1.82) is 0 Å². The molecule has 1 aliphatic rings. The first-order chi connectivity index (χ1) is 6.00. The lowest BCUT2D eigenvalue weighted by Crippen LogP contribution is -2.08. The van der Waals surface area contributed by atoms with Gasteiger partial charge in [-0.2, -0.15) is 0 Å². The number of thiophene rings is 1. The summed E-state index contributed by atoms with van der Waals surface area (Å²) in [5, 5.41) is 3.12. The Morgan fingerprint density at radius 2 is 2.15 bits per heavy atom. The maximum atomic E-state index is 5.91. The Hall–Kier alpha value is -0.500. The highest BCUT2D eigenvalue weighted by atomic mass is 32.1. The molecule has 0 bridgehead atoms. The summed E-state index contributed by atoms with van der Waals surface area (Å²) in [7, 11) is 0. The molecule has 1 nitrogen and oxygen atoms in total. The van der Waals surface area contributed by atoms with Gasteiger partial charge >= 0.3 is 0 Å². The van der Waals surface area contributed by atoms with E-state index in [4.69, 9.17) is 5.73 Å². The fourth-order valence-electron chi connectivity index (χ4n) is 2.13. The SMILES string of the molecule is CC(C)(C)C1CC1c1ccsc1N.